The molecule has 0 aliphatic rings. The van der Waals surface area contributed by atoms with E-state index in [1.165, 1.54) is 11.2 Å². The molecule has 0 fully saturated rings. The van der Waals surface area contributed by atoms with Gasteiger partial charge < -0.3 is 0 Å². The van der Waals surface area contributed by atoms with Crippen LogP contribution in [0.1, 0.15) is 31.1 Å². The number of carbonyl (C=O) groups excluding carboxylic acids is 1. The summed E-state index contributed by atoms with van der Waals surface area (Å²) in [6.45, 7) is 6.83. The fourth-order valence-corrected chi connectivity index (χ4v) is 2.89. The second kappa shape index (κ2) is 4.56. The number of carbonyl (C=O) groups is 1. The Labute approximate surface area is 88.4 Å². The zero-order valence-electron chi connectivity index (χ0n) is 9.21. The largest absolute Gasteiger partial charge is 0.298 e. The second-order valence-corrected chi connectivity index (χ2v) is 6.74. The minimum atomic E-state index is -0.155. The quantitative estimate of drug-likeness (QED) is 0.544. The molecule has 0 aromatic heterocycles. The molecule has 1 aromatic carbocycles. The van der Waals surface area contributed by atoms with E-state index >= 15 is 0 Å². The standard InChI is InChI=1S/C12H18OSi/c1-12(2,3)9-14-11-6-4-10(8-13)5-7-11/h4-8H,9,14H2,1-3H3. The molecule has 1 rings (SSSR count). The van der Waals surface area contributed by atoms with Gasteiger partial charge in [0.25, 0.3) is 0 Å². The lowest BCUT2D eigenvalue weighted by Crippen LogP contribution is -2.19. The van der Waals surface area contributed by atoms with Crippen LogP contribution in [0.25, 0.3) is 0 Å². The molecule has 0 amide bonds. The van der Waals surface area contributed by atoms with Crippen molar-refractivity contribution in [2.75, 3.05) is 0 Å². The zero-order chi connectivity index (χ0) is 10.6. The normalized spacial score (nSPS) is 12.2. The third-order valence-electron chi connectivity index (χ3n) is 2.28. The minimum absolute atomic E-state index is 0.155. The molecule has 0 spiro atoms. The Morgan fingerprint density at radius 1 is 1.21 bits per heavy atom. The van der Waals surface area contributed by atoms with Crippen LogP contribution >= 0.6 is 0 Å². The molecule has 2 heteroatoms. The van der Waals surface area contributed by atoms with Crippen molar-refractivity contribution in [3.63, 3.8) is 0 Å². The molecular formula is C12H18OSi. The average Bonchev–Trinajstić information content (AvgIpc) is 2.14. The van der Waals surface area contributed by atoms with Crippen molar-refractivity contribution >= 4 is 21.0 Å². The summed E-state index contributed by atoms with van der Waals surface area (Å²) in [7, 11) is -0.155. The maximum absolute atomic E-state index is 10.4. The molecule has 0 N–H and O–H groups in total. The van der Waals surface area contributed by atoms with Gasteiger partial charge in [0.15, 0.2) is 0 Å². The smallest absolute Gasteiger partial charge is 0.150 e. The molecule has 0 radical (unpaired) electrons. The lowest BCUT2D eigenvalue weighted by Gasteiger charge is -2.17. The van der Waals surface area contributed by atoms with Gasteiger partial charge in [-0.25, -0.2) is 0 Å². The van der Waals surface area contributed by atoms with E-state index in [9.17, 15) is 4.79 Å². The first-order valence-electron chi connectivity index (χ1n) is 5.05. The van der Waals surface area contributed by atoms with Crippen LogP contribution in [0, 0.1) is 5.41 Å². The van der Waals surface area contributed by atoms with E-state index in [0.717, 1.165) is 11.8 Å². The van der Waals surface area contributed by atoms with Crippen molar-refractivity contribution in [3.8, 4) is 0 Å². The predicted molar refractivity (Wildman–Crippen MR) is 64.3 cm³/mol. The SMILES string of the molecule is CC(C)(C)C[SiH2]c1ccc(C=O)cc1. The summed E-state index contributed by atoms with van der Waals surface area (Å²) in [5.74, 6) is 0. The van der Waals surface area contributed by atoms with Gasteiger partial charge in [-0.15, -0.1) is 0 Å². The van der Waals surface area contributed by atoms with E-state index in [4.69, 9.17) is 0 Å². The van der Waals surface area contributed by atoms with Gasteiger partial charge in [-0.05, 0) is 5.41 Å². The molecular weight excluding hydrogens is 188 g/mol. The molecule has 0 heterocycles. The summed E-state index contributed by atoms with van der Waals surface area (Å²) in [6.07, 6.45) is 0.898. The summed E-state index contributed by atoms with van der Waals surface area (Å²) in [5, 5.41) is 1.45. The maximum Gasteiger partial charge on any atom is 0.150 e. The highest BCUT2D eigenvalue weighted by atomic mass is 28.2. The summed E-state index contributed by atoms with van der Waals surface area (Å²) in [5.41, 5.74) is 1.22. The van der Waals surface area contributed by atoms with Gasteiger partial charge in [0, 0.05) is 5.56 Å². The molecule has 1 aromatic rings. The highest BCUT2D eigenvalue weighted by Crippen LogP contribution is 2.17. The summed E-state index contributed by atoms with van der Waals surface area (Å²) in [6, 6.07) is 9.34. The van der Waals surface area contributed by atoms with Crippen molar-refractivity contribution in [2.45, 2.75) is 26.8 Å². The molecule has 0 bridgehead atoms. The molecule has 0 saturated carbocycles. The summed E-state index contributed by atoms with van der Waals surface area (Å²) >= 11 is 0. The van der Waals surface area contributed by atoms with Crippen LogP contribution in [0.3, 0.4) is 0 Å². The Kier molecular flexibility index (Phi) is 3.64. The summed E-state index contributed by atoms with van der Waals surface area (Å²) in [4.78, 5) is 10.4. The third-order valence-corrected chi connectivity index (χ3v) is 5.08. The molecule has 0 unspecified atom stereocenters. The number of benzene rings is 1. The zero-order valence-corrected chi connectivity index (χ0v) is 10.6. The molecule has 0 aliphatic carbocycles. The Balaban J connectivity index is 2.56. The van der Waals surface area contributed by atoms with Crippen LogP contribution < -0.4 is 5.19 Å². The van der Waals surface area contributed by atoms with Crippen LogP contribution in [0.2, 0.25) is 6.04 Å². The van der Waals surface area contributed by atoms with E-state index in [2.05, 4.69) is 32.9 Å². The van der Waals surface area contributed by atoms with Gasteiger partial charge in [-0.2, -0.15) is 0 Å². The van der Waals surface area contributed by atoms with Crippen molar-refractivity contribution in [1.29, 1.82) is 0 Å². The molecule has 14 heavy (non-hydrogen) atoms. The first kappa shape index (κ1) is 11.2. The van der Waals surface area contributed by atoms with Gasteiger partial charge in [0.1, 0.15) is 6.29 Å². The van der Waals surface area contributed by atoms with E-state index in [0.29, 0.717) is 5.41 Å². The monoisotopic (exact) mass is 206 g/mol. The Hall–Kier alpha value is -0.893. The van der Waals surface area contributed by atoms with Gasteiger partial charge in [0.2, 0.25) is 0 Å². The molecule has 0 saturated heterocycles. The molecule has 76 valence electrons. The van der Waals surface area contributed by atoms with Crippen LogP contribution in [0.5, 0.6) is 0 Å². The van der Waals surface area contributed by atoms with Crippen molar-refractivity contribution < 1.29 is 4.79 Å². The van der Waals surface area contributed by atoms with E-state index in [-0.39, 0.29) is 9.52 Å². The highest BCUT2D eigenvalue weighted by molar-refractivity contribution is 6.53. The maximum atomic E-state index is 10.4. The van der Waals surface area contributed by atoms with Crippen LogP contribution in [-0.2, 0) is 0 Å². The van der Waals surface area contributed by atoms with Crippen LogP contribution in [-0.4, -0.2) is 15.8 Å². The molecule has 1 nitrogen and oxygen atoms in total. The molecule has 0 atom stereocenters. The van der Waals surface area contributed by atoms with E-state index in [1.807, 2.05) is 12.1 Å². The van der Waals surface area contributed by atoms with Crippen molar-refractivity contribution in [3.05, 3.63) is 29.8 Å². The number of hydrogen-bond donors (Lipinski definition) is 0. The van der Waals surface area contributed by atoms with Crippen LogP contribution in [0.4, 0.5) is 0 Å². The fourth-order valence-electron chi connectivity index (χ4n) is 1.28. The Bertz CT molecular complexity index is 295. The average molecular weight is 206 g/mol. The first-order chi connectivity index (χ1) is 6.51. The second-order valence-electron chi connectivity index (χ2n) is 4.92. The lowest BCUT2D eigenvalue weighted by molar-refractivity contribution is 0.112. The van der Waals surface area contributed by atoms with Gasteiger partial charge >= 0.3 is 0 Å². The Morgan fingerprint density at radius 3 is 2.21 bits per heavy atom. The summed E-state index contributed by atoms with van der Waals surface area (Å²) < 4.78 is 0. The van der Waals surface area contributed by atoms with E-state index in [1.54, 1.807) is 0 Å². The van der Waals surface area contributed by atoms with Crippen LogP contribution in [0.15, 0.2) is 24.3 Å². The van der Waals surface area contributed by atoms with Crippen molar-refractivity contribution in [2.24, 2.45) is 5.41 Å². The number of aldehydes is 1. The first-order valence-corrected chi connectivity index (χ1v) is 6.76. The Morgan fingerprint density at radius 2 is 1.79 bits per heavy atom. The number of hydrogen-bond acceptors (Lipinski definition) is 1. The number of rotatable bonds is 3. The third kappa shape index (κ3) is 3.88. The highest BCUT2D eigenvalue weighted by Gasteiger charge is 2.09. The lowest BCUT2D eigenvalue weighted by atomic mass is 10.0. The van der Waals surface area contributed by atoms with Gasteiger partial charge in [-0.1, -0.05) is 56.3 Å². The van der Waals surface area contributed by atoms with Gasteiger partial charge in [-0.3, -0.25) is 4.79 Å². The van der Waals surface area contributed by atoms with Crippen molar-refractivity contribution in [1.82, 2.24) is 0 Å². The fraction of sp³-hybridized carbons (Fsp3) is 0.417. The molecule has 0 aliphatic heterocycles. The topological polar surface area (TPSA) is 17.1 Å². The predicted octanol–water partition coefficient (Wildman–Crippen LogP) is 1.76. The minimum Gasteiger partial charge on any atom is -0.298 e. The van der Waals surface area contributed by atoms with Gasteiger partial charge in [0.05, 0.1) is 9.52 Å². The van der Waals surface area contributed by atoms with E-state index < -0.39 is 0 Å².